The summed E-state index contributed by atoms with van der Waals surface area (Å²) in [4.78, 5) is 0. The first kappa shape index (κ1) is 12.4. The fourth-order valence-electron chi connectivity index (χ4n) is 1.26. The van der Waals surface area contributed by atoms with Crippen molar-refractivity contribution in [1.82, 2.24) is 4.57 Å². The van der Waals surface area contributed by atoms with Gasteiger partial charge < -0.3 is 0 Å². The molecule has 0 aliphatic rings. The largest absolute Gasteiger partial charge is 0.243 e. The van der Waals surface area contributed by atoms with Gasteiger partial charge in [-0.15, -0.1) is 0 Å². The summed E-state index contributed by atoms with van der Waals surface area (Å²) in [6.07, 6.45) is 10.2. The van der Waals surface area contributed by atoms with Gasteiger partial charge in [0.2, 0.25) is 6.33 Å². The van der Waals surface area contributed by atoms with E-state index >= 15 is 0 Å². The van der Waals surface area contributed by atoms with Crippen LogP contribution in [0.5, 0.6) is 0 Å². The zero-order chi connectivity index (χ0) is 12.0. The van der Waals surface area contributed by atoms with Gasteiger partial charge in [-0.25, -0.2) is 13.7 Å². The SMILES string of the molecule is CCn1cc[n+](C)c1.Cc1cc[n+](C)cc1. The molecule has 0 N–H and O–H groups in total. The van der Waals surface area contributed by atoms with Crippen LogP contribution in [0.2, 0.25) is 0 Å². The highest BCUT2D eigenvalue weighted by molar-refractivity contribution is 5.02. The van der Waals surface area contributed by atoms with Crippen LogP contribution in [0.25, 0.3) is 0 Å². The molecular weight excluding hydrogens is 198 g/mol. The molecule has 2 aromatic heterocycles. The van der Waals surface area contributed by atoms with Gasteiger partial charge in [0.25, 0.3) is 0 Å². The maximum absolute atomic E-state index is 2.12. The number of nitrogens with zero attached hydrogens (tertiary/aromatic N) is 3. The highest BCUT2D eigenvalue weighted by Gasteiger charge is 1.92. The summed E-state index contributed by atoms with van der Waals surface area (Å²) in [5, 5.41) is 0. The number of hydrogen-bond acceptors (Lipinski definition) is 0. The molecule has 2 aromatic rings. The molecule has 3 nitrogen and oxygen atoms in total. The Kier molecular flexibility index (Phi) is 4.70. The average Bonchev–Trinajstić information content (AvgIpc) is 2.70. The van der Waals surface area contributed by atoms with Crippen molar-refractivity contribution in [2.75, 3.05) is 0 Å². The van der Waals surface area contributed by atoms with E-state index in [2.05, 4.69) is 43.1 Å². The maximum atomic E-state index is 2.12. The Morgan fingerprint density at radius 3 is 2.00 bits per heavy atom. The van der Waals surface area contributed by atoms with E-state index in [1.807, 2.05) is 41.8 Å². The number of aryl methyl sites for hydroxylation is 4. The molecule has 0 aromatic carbocycles. The maximum Gasteiger partial charge on any atom is 0.243 e. The van der Waals surface area contributed by atoms with E-state index in [9.17, 15) is 0 Å². The van der Waals surface area contributed by atoms with Gasteiger partial charge in [0.15, 0.2) is 12.4 Å². The lowest BCUT2D eigenvalue weighted by molar-refractivity contribution is -0.671. The van der Waals surface area contributed by atoms with E-state index in [1.165, 1.54) is 5.56 Å². The number of rotatable bonds is 1. The van der Waals surface area contributed by atoms with Crippen LogP contribution in [-0.2, 0) is 20.6 Å². The first-order chi connectivity index (χ1) is 7.61. The van der Waals surface area contributed by atoms with Crippen molar-refractivity contribution in [1.29, 1.82) is 0 Å². The van der Waals surface area contributed by atoms with Gasteiger partial charge in [0.05, 0.1) is 13.6 Å². The van der Waals surface area contributed by atoms with E-state index in [0.717, 1.165) is 6.54 Å². The van der Waals surface area contributed by atoms with E-state index in [1.54, 1.807) is 0 Å². The quantitative estimate of drug-likeness (QED) is 0.638. The zero-order valence-corrected chi connectivity index (χ0v) is 10.6. The van der Waals surface area contributed by atoms with E-state index in [0.29, 0.717) is 0 Å². The Bertz CT molecular complexity index is 394. The molecular formula is C13H21N3+2. The van der Waals surface area contributed by atoms with Gasteiger partial charge in [0.1, 0.15) is 19.4 Å². The fraction of sp³-hybridized carbons (Fsp3) is 0.385. The summed E-state index contributed by atoms with van der Waals surface area (Å²) in [6.45, 7) is 5.26. The third-order valence-corrected chi connectivity index (χ3v) is 2.33. The second-order valence-corrected chi connectivity index (χ2v) is 3.95. The van der Waals surface area contributed by atoms with E-state index in [4.69, 9.17) is 0 Å². The Balaban J connectivity index is 0.000000160. The molecule has 0 fully saturated rings. The van der Waals surface area contributed by atoms with Gasteiger partial charge >= 0.3 is 0 Å². The summed E-state index contributed by atoms with van der Waals surface area (Å²) in [7, 11) is 4.03. The smallest absolute Gasteiger partial charge is 0.240 e. The van der Waals surface area contributed by atoms with Crippen molar-refractivity contribution in [2.24, 2.45) is 14.1 Å². The van der Waals surface area contributed by atoms with Crippen LogP contribution < -0.4 is 9.13 Å². The molecule has 0 atom stereocenters. The summed E-state index contributed by atoms with van der Waals surface area (Å²) >= 11 is 0. The predicted octanol–water partition coefficient (Wildman–Crippen LogP) is 1.15. The van der Waals surface area contributed by atoms with Crippen molar-refractivity contribution in [3.63, 3.8) is 0 Å². The Labute approximate surface area is 97.6 Å². The minimum Gasteiger partial charge on any atom is -0.240 e. The molecule has 0 unspecified atom stereocenters. The number of imidazole rings is 1. The lowest BCUT2D eigenvalue weighted by Gasteiger charge is -1.85. The Hall–Kier alpha value is -1.64. The second-order valence-electron chi connectivity index (χ2n) is 3.95. The minimum atomic E-state index is 1.06. The van der Waals surface area contributed by atoms with Crippen LogP contribution in [-0.4, -0.2) is 4.57 Å². The molecule has 0 radical (unpaired) electrons. The zero-order valence-electron chi connectivity index (χ0n) is 10.6. The standard InChI is InChI=1S/C7H10N.C6H11N2/c1-7-3-5-8(2)6-4-7;1-3-8-5-4-7(2)6-8/h3-6H,1-2H3;4-6H,3H2,1-2H3/q2*+1. The van der Waals surface area contributed by atoms with Crippen molar-refractivity contribution in [2.45, 2.75) is 20.4 Å². The highest BCUT2D eigenvalue weighted by atomic mass is 15.1. The molecule has 86 valence electrons. The third-order valence-electron chi connectivity index (χ3n) is 2.33. The van der Waals surface area contributed by atoms with Gasteiger partial charge in [-0.1, -0.05) is 0 Å². The second kappa shape index (κ2) is 6.05. The molecule has 0 spiro atoms. The van der Waals surface area contributed by atoms with Crippen LogP contribution in [0.1, 0.15) is 12.5 Å². The summed E-state index contributed by atoms with van der Waals surface area (Å²) in [6, 6.07) is 4.17. The van der Waals surface area contributed by atoms with Gasteiger partial charge in [0, 0.05) is 12.1 Å². The Morgan fingerprint density at radius 1 is 1.06 bits per heavy atom. The third kappa shape index (κ3) is 4.26. The molecule has 0 aliphatic heterocycles. The minimum absolute atomic E-state index is 1.06. The first-order valence-corrected chi connectivity index (χ1v) is 5.54. The normalized spacial score (nSPS) is 9.50. The van der Waals surface area contributed by atoms with Gasteiger partial charge in [-0.3, -0.25) is 0 Å². The lowest BCUT2D eigenvalue weighted by Crippen LogP contribution is -2.25. The number of pyridine rings is 1. The lowest BCUT2D eigenvalue weighted by atomic mass is 10.3. The molecule has 3 heteroatoms. The number of aromatic nitrogens is 3. The first-order valence-electron chi connectivity index (χ1n) is 5.54. The van der Waals surface area contributed by atoms with Crippen LogP contribution in [0.15, 0.2) is 43.2 Å². The van der Waals surface area contributed by atoms with Crippen molar-refractivity contribution in [3.05, 3.63) is 48.8 Å². The molecule has 16 heavy (non-hydrogen) atoms. The number of hydrogen-bond donors (Lipinski definition) is 0. The monoisotopic (exact) mass is 219 g/mol. The highest BCUT2D eigenvalue weighted by Crippen LogP contribution is 1.87. The molecule has 0 amide bonds. The fourth-order valence-corrected chi connectivity index (χ4v) is 1.26. The van der Waals surface area contributed by atoms with Crippen LogP contribution >= 0.6 is 0 Å². The van der Waals surface area contributed by atoms with Crippen molar-refractivity contribution >= 4 is 0 Å². The van der Waals surface area contributed by atoms with Crippen LogP contribution in [0.3, 0.4) is 0 Å². The van der Waals surface area contributed by atoms with Gasteiger partial charge in [-0.05, 0) is 19.4 Å². The van der Waals surface area contributed by atoms with E-state index in [-0.39, 0.29) is 0 Å². The van der Waals surface area contributed by atoms with Gasteiger partial charge in [-0.2, -0.15) is 0 Å². The Morgan fingerprint density at radius 2 is 1.69 bits per heavy atom. The molecule has 0 saturated carbocycles. The summed E-state index contributed by atoms with van der Waals surface area (Å²) in [5.74, 6) is 0. The topological polar surface area (TPSA) is 12.7 Å². The van der Waals surface area contributed by atoms with Crippen LogP contribution in [0.4, 0.5) is 0 Å². The molecule has 2 rings (SSSR count). The molecule has 0 saturated heterocycles. The average molecular weight is 219 g/mol. The molecule has 0 aliphatic carbocycles. The summed E-state index contributed by atoms with van der Waals surface area (Å²) < 4.78 is 6.18. The molecule has 0 bridgehead atoms. The summed E-state index contributed by atoms with van der Waals surface area (Å²) in [5.41, 5.74) is 1.31. The van der Waals surface area contributed by atoms with Crippen molar-refractivity contribution < 1.29 is 9.13 Å². The van der Waals surface area contributed by atoms with Crippen molar-refractivity contribution in [3.8, 4) is 0 Å². The predicted molar refractivity (Wildman–Crippen MR) is 63.6 cm³/mol. The van der Waals surface area contributed by atoms with Crippen LogP contribution in [0, 0.1) is 6.92 Å². The van der Waals surface area contributed by atoms with E-state index < -0.39 is 0 Å². The molecule has 2 heterocycles.